The standard InChI is InChI=1S/C17H27NO/c1-4-10-17(2,13-18-15-8-9-15)12-14-6-5-7-16(11-14)19-3/h5-7,11,15,18H,4,8-10,12-13H2,1-3H3. The molecule has 1 fully saturated rings. The molecule has 1 aromatic rings. The fourth-order valence-corrected chi connectivity index (χ4v) is 2.80. The first kappa shape index (κ1) is 14.4. The van der Waals surface area contributed by atoms with E-state index in [1.165, 1.54) is 31.2 Å². The fraction of sp³-hybridized carbons (Fsp3) is 0.647. The van der Waals surface area contributed by atoms with E-state index >= 15 is 0 Å². The van der Waals surface area contributed by atoms with Gasteiger partial charge in [-0.05, 0) is 48.8 Å². The maximum Gasteiger partial charge on any atom is 0.119 e. The van der Waals surface area contributed by atoms with Crippen molar-refractivity contribution >= 4 is 0 Å². The van der Waals surface area contributed by atoms with Gasteiger partial charge in [0.25, 0.3) is 0 Å². The highest BCUT2D eigenvalue weighted by Gasteiger charge is 2.28. The Labute approximate surface area is 117 Å². The summed E-state index contributed by atoms with van der Waals surface area (Å²) in [4.78, 5) is 0. The van der Waals surface area contributed by atoms with E-state index in [1.807, 2.05) is 6.07 Å². The zero-order chi connectivity index (χ0) is 13.7. The van der Waals surface area contributed by atoms with Gasteiger partial charge in [-0.2, -0.15) is 0 Å². The summed E-state index contributed by atoms with van der Waals surface area (Å²) in [6.07, 6.45) is 6.36. The lowest BCUT2D eigenvalue weighted by Crippen LogP contribution is -2.34. The molecule has 1 aliphatic rings. The first-order valence-electron chi connectivity index (χ1n) is 7.51. The van der Waals surface area contributed by atoms with E-state index in [0.717, 1.165) is 24.8 Å². The highest BCUT2D eigenvalue weighted by molar-refractivity contribution is 5.29. The maximum atomic E-state index is 5.32. The molecule has 0 radical (unpaired) electrons. The van der Waals surface area contributed by atoms with Crippen molar-refractivity contribution in [2.24, 2.45) is 5.41 Å². The number of hydrogen-bond donors (Lipinski definition) is 1. The molecule has 0 aliphatic heterocycles. The molecule has 0 spiro atoms. The third-order valence-corrected chi connectivity index (χ3v) is 4.01. The van der Waals surface area contributed by atoms with Gasteiger partial charge < -0.3 is 10.1 Å². The third kappa shape index (κ3) is 4.54. The van der Waals surface area contributed by atoms with Crippen molar-refractivity contribution in [3.05, 3.63) is 29.8 Å². The molecule has 1 atom stereocenters. The highest BCUT2D eigenvalue weighted by atomic mass is 16.5. The van der Waals surface area contributed by atoms with Crippen molar-refractivity contribution in [3.8, 4) is 5.75 Å². The molecule has 0 heterocycles. The predicted octanol–water partition coefficient (Wildman–Crippen LogP) is 3.80. The minimum Gasteiger partial charge on any atom is -0.497 e. The van der Waals surface area contributed by atoms with Crippen molar-refractivity contribution < 1.29 is 4.74 Å². The summed E-state index contributed by atoms with van der Waals surface area (Å²) in [7, 11) is 1.74. The summed E-state index contributed by atoms with van der Waals surface area (Å²) in [5.74, 6) is 0.964. The van der Waals surface area contributed by atoms with Crippen molar-refractivity contribution in [1.82, 2.24) is 5.32 Å². The Morgan fingerprint density at radius 3 is 2.79 bits per heavy atom. The van der Waals surface area contributed by atoms with Crippen LogP contribution in [0, 0.1) is 5.41 Å². The molecule has 0 bridgehead atoms. The summed E-state index contributed by atoms with van der Waals surface area (Å²) in [5, 5.41) is 3.70. The third-order valence-electron chi connectivity index (χ3n) is 4.01. The zero-order valence-corrected chi connectivity index (χ0v) is 12.5. The summed E-state index contributed by atoms with van der Waals surface area (Å²) in [6.45, 7) is 5.81. The number of ether oxygens (including phenoxy) is 1. The lowest BCUT2D eigenvalue weighted by molar-refractivity contribution is 0.274. The molecule has 2 nitrogen and oxygen atoms in total. The molecular weight excluding hydrogens is 234 g/mol. The van der Waals surface area contributed by atoms with Gasteiger partial charge in [-0.1, -0.05) is 32.4 Å². The maximum absolute atomic E-state index is 5.32. The number of methoxy groups -OCH3 is 1. The van der Waals surface area contributed by atoms with Gasteiger partial charge in [0, 0.05) is 12.6 Å². The first-order chi connectivity index (χ1) is 9.15. The van der Waals surface area contributed by atoms with Gasteiger partial charge in [-0.25, -0.2) is 0 Å². The molecular formula is C17H27NO. The molecule has 1 N–H and O–H groups in total. The summed E-state index contributed by atoms with van der Waals surface area (Å²) >= 11 is 0. The van der Waals surface area contributed by atoms with Crippen LogP contribution in [-0.2, 0) is 6.42 Å². The second kappa shape index (κ2) is 6.42. The Morgan fingerprint density at radius 2 is 2.16 bits per heavy atom. The van der Waals surface area contributed by atoms with Crippen LogP contribution in [0.4, 0.5) is 0 Å². The van der Waals surface area contributed by atoms with Gasteiger partial charge in [0.05, 0.1) is 7.11 Å². The highest BCUT2D eigenvalue weighted by Crippen LogP contribution is 2.30. The molecule has 0 aromatic heterocycles. The van der Waals surface area contributed by atoms with Crippen LogP contribution < -0.4 is 10.1 Å². The van der Waals surface area contributed by atoms with Crippen molar-refractivity contribution in [2.45, 2.75) is 52.0 Å². The van der Waals surface area contributed by atoms with E-state index in [9.17, 15) is 0 Å². The number of rotatable bonds is 8. The fourth-order valence-electron chi connectivity index (χ4n) is 2.80. The molecule has 1 saturated carbocycles. The van der Waals surface area contributed by atoms with Crippen LogP contribution in [0.1, 0.15) is 45.1 Å². The first-order valence-corrected chi connectivity index (χ1v) is 7.51. The van der Waals surface area contributed by atoms with Crippen LogP contribution >= 0.6 is 0 Å². The molecule has 1 unspecified atom stereocenters. The Bertz CT molecular complexity index is 400. The Morgan fingerprint density at radius 1 is 1.37 bits per heavy atom. The lowest BCUT2D eigenvalue weighted by Gasteiger charge is -2.30. The smallest absolute Gasteiger partial charge is 0.119 e. The predicted molar refractivity (Wildman–Crippen MR) is 80.7 cm³/mol. The van der Waals surface area contributed by atoms with Crippen LogP contribution in [-0.4, -0.2) is 19.7 Å². The van der Waals surface area contributed by atoms with Gasteiger partial charge in [-0.3, -0.25) is 0 Å². The van der Waals surface area contributed by atoms with Gasteiger partial charge >= 0.3 is 0 Å². The van der Waals surface area contributed by atoms with Crippen molar-refractivity contribution in [1.29, 1.82) is 0 Å². The topological polar surface area (TPSA) is 21.3 Å². The average Bonchev–Trinajstić information content (AvgIpc) is 3.21. The van der Waals surface area contributed by atoms with Gasteiger partial charge in [0.1, 0.15) is 5.75 Å². The minimum absolute atomic E-state index is 0.351. The minimum atomic E-state index is 0.351. The number of nitrogens with one attached hydrogen (secondary N) is 1. The zero-order valence-electron chi connectivity index (χ0n) is 12.5. The number of benzene rings is 1. The molecule has 2 rings (SSSR count). The van der Waals surface area contributed by atoms with Crippen LogP contribution in [0.3, 0.4) is 0 Å². The summed E-state index contributed by atoms with van der Waals surface area (Å²) in [6, 6.07) is 9.29. The van der Waals surface area contributed by atoms with Crippen LogP contribution in [0.15, 0.2) is 24.3 Å². The largest absolute Gasteiger partial charge is 0.497 e. The van der Waals surface area contributed by atoms with Crippen LogP contribution in [0.25, 0.3) is 0 Å². The van der Waals surface area contributed by atoms with E-state index < -0.39 is 0 Å². The van der Waals surface area contributed by atoms with Gasteiger partial charge in [0.2, 0.25) is 0 Å². The van der Waals surface area contributed by atoms with E-state index in [4.69, 9.17) is 4.74 Å². The van der Waals surface area contributed by atoms with Gasteiger partial charge in [0.15, 0.2) is 0 Å². The Balaban J connectivity index is 2.00. The molecule has 0 amide bonds. The van der Waals surface area contributed by atoms with Crippen molar-refractivity contribution in [3.63, 3.8) is 0 Å². The molecule has 106 valence electrons. The second-order valence-electron chi connectivity index (χ2n) is 6.24. The second-order valence-corrected chi connectivity index (χ2v) is 6.24. The summed E-state index contributed by atoms with van der Waals surface area (Å²) < 4.78 is 5.32. The SMILES string of the molecule is CCCC(C)(CNC1CC1)Cc1cccc(OC)c1. The normalized spacial score (nSPS) is 18.1. The monoisotopic (exact) mass is 261 g/mol. The number of hydrogen-bond acceptors (Lipinski definition) is 2. The van der Waals surface area contributed by atoms with Gasteiger partial charge in [-0.15, -0.1) is 0 Å². The lowest BCUT2D eigenvalue weighted by atomic mass is 9.79. The van der Waals surface area contributed by atoms with Crippen molar-refractivity contribution in [2.75, 3.05) is 13.7 Å². The summed E-state index contributed by atoms with van der Waals surface area (Å²) in [5.41, 5.74) is 1.73. The molecule has 19 heavy (non-hydrogen) atoms. The molecule has 0 saturated heterocycles. The van der Waals surface area contributed by atoms with E-state index in [2.05, 4.69) is 37.4 Å². The Hall–Kier alpha value is -1.02. The quantitative estimate of drug-likeness (QED) is 0.768. The van der Waals surface area contributed by atoms with E-state index in [1.54, 1.807) is 7.11 Å². The van der Waals surface area contributed by atoms with Crippen LogP contribution in [0.2, 0.25) is 0 Å². The van der Waals surface area contributed by atoms with E-state index in [-0.39, 0.29) is 0 Å². The average molecular weight is 261 g/mol. The van der Waals surface area contributed by atoms with Crippen LogP contribution in [0.5, 0.6) is 5.75 Å². The van der Waals surface area contributed by atoms with E-state index in [0.29, 0.717) is 5.41 Å². The Kier molecular flexibility index (Phi) is 4.87. The molecule has 1 aromatic carbocycles. The molecule has 2 heteroatoms. The molecule has 1 aliphatic carbocycles.